The quantitative estimate of drug-likeness (QED) is 0.577. The second-order valence-electron chi connectivity index (χ2n) is 5.86. The van der Waals surface area contributed by atoms with Crippen LogP contribution in [0.15, 0.2) is 23.4 Å². The monoisotopic (exact) mass is 336 g/mol. The smallest absolute Gasteiger partial charge is 0.263 e. The number of likely N-dealkylation sites (N-methyl/N-ethyl adjacent to an activating group) is 1. The number of nitrogens with one attached hydrogen (secondary N) is 1. The molecule has 7 heteroatoms. The van der Waals surface area contributed by atoms with Crippen LogP contribution in [0.25, 0.3) is 0 Å². The Hall–Kier alpha value is -2.28. The molecule has 1 N–H and O–H groups in total. The predicted molar refractivity (Wildman–Crippen MR) is 90.9 cm³/mol. The van der Waals surface area contributed by atoms with Gasteiger partial charge >= 0.3 is 0 Å². The second-order valence-corrected chi connectivity index (χ2v) is 5.86. The van der Waals surface area contributed by atoms with Crippen molar-refractivity contribution in [3.8, 4) is 11.5 Å². The number of nitrogens with zero attached hydrogens (tertiary/aromatic N) is 2. The SMILES string of the molecule is COc1ccc(/C(C)=N\OCC(=O)N2CC[NH+](C)CC2)cc1OC. The van der Waals surface area contributed by atoms with Crippen LogP contribution >= 0.6 is 0 Å². The maximum absolute atomic E-state index is 12.1. The van der Waals surface area contributed by atoms with Crippen LogP contribution in [0, 0.1) is 0 Å². The van der Waals surface area contributed by atoms with Gasteiger partial charge in [-0.25, -0.2) is 0 Å². The summed E-state index contributed by atoms with van der Waals surface area (Å²) >= 11 is 0. The zero-order valence-corrected chi connectivity index (χ0v) is 14.8. The van der Waals surface area contributed by atoms with Crippen LogP contribution in [0.5, 0.6) is 11.5 Å². The lowest BCUT2D eigenvalue weighted by atomic mass is 10.1. The van der Waals surface area contributed by atoms with Gasteiger partial charge in [-0.05, 0) is 25.1 Å². The highest BCUT2D eigenvalue weighted by Crippen LogP contribution is 2.27. The van der Waals surface area contributed by atoms with E-state index in [9.17, 15) is 4.79 Å². The Kier molecular flexibility index (Phi) is 6.43. The van der Waals surface area contributed by atoms with Crippen molar-refractivity contribution in [3.05, 3.63) is 23.8 Å². The number of ether oxygens (including phenoxy) is 2. The van der Waals surface area contributed by atoms with Gasteiger partial charge in [-0.3, -0.25) is 4.79 Å². The zero-order valence-electron chi connectivity index (χ0n) is 14.8. The third-order valence-electron chi connectivity index (χ3n) is 4.16. The van der Waals surface area contributed by atoms with E-state index in [1.54, 1.807) is 14.2 Å². The Morgan fingerprint density at radius 3 is 2.50 bits per heavy atom. The Morgan fingerprint density at radius 2 is 1.88 bits per heavy atom. The Bertz CT molecular complexity index is 595. The van der Waals surface area contributed by atoms with Gasteiger partial charge in [-0.2, -0.15) is 0 Å². The number of rotatable bonds is 6. The van der Waals surface area contributed by atoms with Crippen LogP contribution in [-0.2, 0) is 9.63 Å². The largest absolute Gasteiger partial charge is 0.493 e. The van der Waals surface area contributed by atoms with Gasteiger partial charge in [0.1, 0.15) is 0 Å². The van der Waals surface area contributed by atoms with Crippen molar-refractivity contribution >= 4 is 11.6 Å². The summed E-state index contributed by atoms with van der Waals surface area (Å²) in [6, 6.07) is 5.51. The third-order valence-corrected chi connectivity index (χ3v) is 4.16. The normalized spacial score (nSPS) is 16.0. The third kappa shape index (κ3) is 4.61. The summed E-state index contributed by atoms with van der Waals surface area (Å²) in [6.45, 7) is 5.27. The first kappa shape index (κ1) is 18.1. The molecule has 2 rings (SSSR count). The minimum Gasteiger partial charge on any atom is -0.493 e. The molecule has 1 aromatic rings. The molecule has 0 unspecified atom stereocenters. The number of hydrogen-bond acceptors (Lipinski definition) is 5. The van der Waals surface area contributed by atoms with Crippen molar-refractivity contribution in [2.24, 2.45) is 5.16 Å². The molecule has 0 spiro atoms. The van der Waals surface area contributed by atoms with Gasteiger partial charge in [-0.15, -0.1) is 0 Å². The lowest BCUT2D eigenvalue weighted by molar-refractivity contribution is -0.883. The predicted octanol–water partition coefficient (Wildman–Crippen LogP) is -0.199. The first-order chi connectivity index (χ1) is 11.5. The van der Waals surface area contributed by atoms with Crippen LogP contribution in [-0.4, -0.2) is 70.6 Å². The molecular formula is C17H26N3O4+. The number of amides is 1. The van der Waals surface area contributed by atoms with Crippen LogP contribution in [0.3, 0.4) is 0 Å². The summed E-state index contributed by atoms with van der Waals surface area (Å²) in [6.07, 6.45) is 0. The highest BCUT2D eigenvalue weighted by atomic mass is 16.6. The molecule has 0 aliphatic carbocycles. The summed E-state index contributed by atoms with van der Waals surface area (Å²) < 4.78 is 10.5. The highest BCUT2D eigenvalue weighted by Gasteiger charge is 2.21. The molecule has 1 aliphatic rings. The first-order valence-corrected chi connectivity index (χ1v) is 8.03. The molecule has 1 aliphatic heterocycles. The molecule has 132 valence electrons. The number of benzene rings is 1. The van der Waals surface area contributed by atoms with E-state index < -0.39 is 0 Å². The topological polar surface area (TPSA) is 64.8 Å². The van der Waals surface area contributed by atoms with Crippen molar-refractivity contribution < 1.29 is 24.0 Å². The minimum atomic E-state index is -0.0380. The maximum Gasteiger partial charge on any atom is 0.263 e. The molecule has 0 atom stereocenters. The fraction of sp³-hybridized carbons (Fsp3) is 0.529. The molecule has 24 heavy (non-hydrogen) atoms. The maximum atomic E-state index is 12.1. The average molecular weight is 336 g/mol. The molecule has 1 aromatic carbocycles. The van der Waals surface area contributed by atoms with Gasteiger partial charge in [0, 0.05) is 5.56 Å². The number of carbonyl (C=O) groups excluding carboxylic acids is 1. The van der Waals surface area contributed by atoms with Crippen molar-refractivity contribution in [2.45, 2.75) is 6.92 Å². The number of oxime groups is 1. The van der Waals surface area contributed by atoms with E-state index in [0.717, 1.165) is 31.7 Å². The number of carbonyl (C=O) groups is 1. The van der Waals surface area contributed by atoms with Crippen molar-refractivity contribution in [1.29, 1.82) is 0 Å². The Balaban J connectivity index is 1.90. The number of quaternary nitrogens is 1. The summed E-state index contributed by atoms with van der Waals surface area (Å²) in [5, 5.41) is 4.04. The van der Waals surface area contributed by atoms with E-state index >= 15 is 0 Å². The molecule has 0 radical (unpaired) electrons. The minimum absolute atomic E-state index is 0.0219. The van der Waals surface area contributed by atoms with Gasteiger partial charge in [0.25, 0.3) is 5.91 Å². The van der Waals surface area contributed by atoms with Gasteiger partial charge in [0.05, 0.1) is 53.2 Å². The van der Waals surface area contributed by atoms with E-state index in [-0.39, 0.29) is 12.5 Å². The van der Waals surface area contributed by atoms with Crippen LogP contribution in [0.2, 0.25) is 0 Å². The van der Waals surface area contributed by atoms with Crippen molar-refractivity contribution in [3.63, 3.8) is 0 Å². The van der Waals surface area contributed by atoms with E-state index in [1.807, 2.05) is 30.0 Å². The highest BCUT2D eigenvalue weighted by molar-refractivity contribution is 5.98. The van der Waals surface area contributed by atoms with Crippen LogP contribution in [0.1, 0.15) is 12.5 Å². The van der Waals surface area contributed by atoms with Gasteiger partial charge in [0.15, 0.2) is 18.1 Å². The van der Waals surface area contributed by atoms with E-state index in [2.05, 4.69) is 12.2 Å². The number of piperazine rings is 1. The van der Waals surface area contributed by atoms with Crippen molar-refractivity contribution in [1.82, 2.24) is 4.90 Å². The van der Waals surface area contributed by atoms with Gasteiger partial charge < -0.3 is 24.1 Å². The summed E-state index contributed by atoms with van der Waals surface area (Å²) in [5.41, 5.74) is 1.52. The van der Waals surface area contributed by atoms with Gasteiger partial charge in [0.2, 0.25) is 0 Å². The van der Waals surface area contributed by atoms with E-state index in [1.165, 1.54) is 4.90 Å². The number of methoxy groups -OCH3 is 2. The Labute approximate surface area is 142 Å². The van der Waals surface area contributed by atoms with E-state index in [4.69, 9.17) is 14.3 Å². The molecular weight excluding hydrogens is 310 g/mol. The fourth-order valence-electron chi connectivity index (χ4n) is 2.53. The molecule has 1 heterocycles. The van der Waals surface area contributed by atoms with E-state index in [0.29, 0.717) is 17.2 Å². The lowest BCUT2D eigenvalue weighted by Gasteiger charge is -2.29. The standard InChI is InChI=1S/C17H25N3O4/c1-13(14-5-6-15(22-3)16(11-14)23-4)18-24-12-17(21)20-9-7-19(2)8-10-20/h5-6,11H,7-10,12H2,1-4H3/p+1/b18-13-. The summed E-state index contributed by atoms with van der Waals surface area (Å²) in [4.78, 5) is 20.6. The van der Waals surface area contributed by atoms with Crippen LogP contribution < -0.4 is 14.4 Å². The molecule has 1 fully saturated rings. The fourth-order valence-corrected chi connectivity index (χ4v) is 2.53. The summed E-state index contributed by atoms with van der Waals surface area (Å²) in [5.74, 6) is 1.26. The molecule has 1 saturated heterocycles. The second kappa shape index (κ2) is 8.54. The Morgan fingerprint density at radius 1 is 1.21 bits per heavy atom. The first-order valence-electron chi connectivity index (χ1n) is 8.03. The molecule has 0 saturated carbocycles. The lowest BCUT2D eigenvalue weighted by Crippen LogP contribution is -3.12. The molecule has 0 aromatic heterocycles. The zero-order chi connectivity index (χ0) is 17.5. The summed E-state index contributed by atoms with van der Waals surface area (Å²) in [7, 11) is 5.31. The average Bonchev–Trinajstić information content (AvgIpc) is 2.61. The van der Waals surface area contributed by atoms with Crippen molar-refractivity contribution in [2.75, 3.05) is 54.1 Å². The molecule has 7 nitrogen and oxygen atoms in total. The molecule has 0 bridgehead atoms. The number of hydrogen-bond donors (Lipinski definition) is 1. The van der Waals surface area contributed by atoms with Crippen LogP contribution in [0.4, 0.5) is 0 Å². The van der Waals surface area contributed by atoms with Gasteiger partial charge in [-0.1, -0.05) is 5.16 Å². The molecule has 1 amide bonds.